The van der Waals surface area contributed by atoms with E-state index in [-0.39, 0.29) is 0 Å². The molecule has 0 heterocycles. The quantitative estimate of drug-likeness (QED) is 0.0814. The Hall–Kier alpha value is -5.24. The summed E-state index contributed by atoms with van der Waals surface area (Å²) in [6.07, 6.45) is 0. The lowest BCUT2D eigenvalue weighted by atomic mass is 10.4. The summed E-state index contributed by atoms with van der Waals surface area (Å²) in [7, 11) is -16.2. The molecule has 0 aliphatic rings. The lowest BCUT2D eigenvalue weighted by Gasteiger charge is -2.68. The number of rotatable bonds is 18. The standard InChI is InChI=1S/C58H66N2Si5/c1-7-59(8-2)62(51-35-19-11-20-36-51,52-37-21-12-22-38-52)64(55-43-27-15-28-44-55,56-45-29-16-30-46-56)61(5,6)65(57-47-31-17-32-48-57,58-49-33-18-34-50-58)63(60(9-3)10-4,53-39-23-13-24-40-53)54-41-25-14-26-42-54/h11-50H,7-10H2,1-6H3. The molecular formula is C58H66N2Si5. The Morgan fingerprint density at radius 1 is 0.246 bits per heavy atom. The summed E-state index contributed by atoms with van der Waals surface area (Å²) in [5.74, 6) is 0. The zero-order chi connectivity index (χ0) is 45.4. The van der Waals surface area contributed by atoms with Gasteiger partial charge in [0.2, 0.25) is 0 Å². The summed E-state index contributed by atoms with van der Waals surface area (Å²) < 4.78 is 6.11. The monoisotopic (exact) mass is 930 g/mol. The van der Waals surface area contributed by atoms with E-state index < -0.39 is 36.8 Å². The third-order valence-electron chi connectivity index (χ3n) is 15.0. The van der Waals surface area contributed by atoms with Crippen LogP contribution in [0.15, 0.2) is 243 Å². The minimum Gasteiger partial charge on any atom is -0.319 e. The van der Waals surface area contributed by atoms with Crippen molar-refractivity contribution >= 4 is 78.3 Å². The van der Waals surface area contributed by atoms with Gasteiger partial charge in [-0.3, -0.25) is 0 Å². The van der Waals surface area contributed by atoms with Crippen molar-refractivity contribution in [3.8, 4) is 0 Å². The van der Waals surface area contributed by atoms with E-state index in [2.05, 4.69) is 293 Å². The molecule has 0 aliphatic carbocycles. The van der Waals surface area contributed by atoms with Crippen LogP contribution in [0, 0.1) is 0 Å². The zero-order valence-electron chi connectivity index (χ0n) is 39.3. The minimum absolute atomic E-state index is 0.951. The second kappa shape index (κ2) is 20.1. The molecule has 0 radical (unpaired) electrons. The molecule has 8 aromatic rings. The highest BCUT2D eigenvalue weighted by Crippen LogP contribution is 2.42. The minimum atomic E-state index is -3.32. The van der Waals surface area contributed by atoms with Crippen LogP contribution >= 0.6 is 0 Å². The van der Waals surface area contributed by atoms with Crippen molar-refractivity contribution in [2.45, 2.75) is 40.8 Å². The van der Waals surface area contributed by atoms with Gasteiger partial charge in [-0.1, -0.05) is 304 Å². The molecule has 0 amide bonds. The van der Waals surface area contributed by atoms with Gasteiger partial charge < -0.3 is 9.13 Å². The van der Waals surface area contributed by atoms with Crippen LogP contribution in [-0.4, -0.2) is 72.1 Å². The van der Waals surface area contributed by atoms with Gasteiger partial charge >= 0.3 is 0 Å². The molecule has 0 saturated carbocycles. The van der Waals surface area contributed by atoms with Gasteiger partial charge in [0.15, 0.2) is 15.5 Å². The van der Waals surface area contributed by atoms with E-state index >= 15 is 0 Å². The Morgan fingerprint density at radius 2 is 0.400 bits per heavy atom. The van der Waals surface area contributed by atoms with Crippen molar-refractivity contribution in [2.75, 3.05) is 26.2 Å². The first-order chi connectivity index (χ1) is 31.9. The predicted molar refractivity (Wildman–Crippen MR) is 295 cm³/mol. The Labute approximate surface area is 394 Å². The molecule has 0 bridgehead atoms. The summed E-state index contributed by atoms with van der Waals surface area (Å²) in [6.45, 7) is 19.5. The second-order valence-corrected chi connectivity index (χ2v) is 58.1. The Bertz CT molecular complexity index is 2320. The average molecular weight is 932 g/mol. The van der Waals surface area contributed by atoms with Gasteiger partial charge in [-0.15, -0.1) is 0 Å². The molecule has 0 spiro atoms. The summed E-state index contributed by atoms with van der Waals surface area (Å²) in [5.41, 5.74) is 0. The SMILES string of the molecule is CCN(CC)[Si](c1ccccc1)(c1ccccc1)[Si](c1ccccc1)(c1ccccc1)[Si](C)(C)[Si](c1ccccc1)(c1ccccc1)[Si](c1ccccc1)(c1ccccc1)N(CC)CC. The number of benzene rings is 8. The van der Waals surface area contributed by atoms with Gasteiger partial charge in [0.1, 0.15) is 14.2 Å². The zero-order valence-corrected chi connectivity index (χ0v) is 44.3. The molecule has 0 unspecified atom stereocenters. The Kier molecular flexibility index (Phi) is 14.3. The topological polar surface area (TPSA) is 6.48 Å². The van der Waals surface area contributed by atoms with E-state index in [1.54, 1.807) is 20.7 Å². The van der Waals surface area contributed by atoms with Crippen molar-refractivity contribution in [1.29, 1.82) is 0 Å². The summed E-state index contributed by atoms with van der Waals surface area (Å²) in [6, 6.07) is 96.9. The van der Waals surface area contributed by atoms with Gasteiger partial charge in [-0.05, 0) is 46.9 Å². The van der Waals surface area contributed by atoms with Crippen molar-refractivity contribution in [1.82, 2.24) is 9.13 Å². The lowest BCUT2D eigenvalue weighted by molar-refractivity contribution is 0.484. The predicted octanol–water partition coefficient (Wildman–Crippen LogP) is 7.74. The van der Waals surface area contributed by atoms with Crippen molar-refractivity contribution in [2.24, 2.45) is 0 Å². The van der Waals surface area contributed by atoms with E-state index in [0.717, 1.165) is 26.2 Å². The number of hydrogen-bond donors (Lipinski definition) is 0. The molecule has 0 aromatic heterocycles. The first kappa shape index (κ1) is 46.3. The van der Waals surface area contributed by atoms with Crippen LogP contribution in [0.25, 0.3) is 0 Å². The molecule has 7 heteroatoms. The lowest BCUT2D eigenvalue weighted by Crippen LogP contribution is -3.08. The van der Waals surface area contributed by atoms with E-state index in [1.807, 2.05) is 0 Å². The third kappa shape index (κ3) is 7.15. The van der Waals surface area contributed by atoms with Gasteiger partial charge in [0.05, 0.1) is 7.11 Å². The van der Waals surface area contributed by atoms with Gasteiger partial charge in [-0.25, -0.2) is 0 Å². The molecule has 0 aliphatic heterocycles. The van der Waals surface area contributed by atoms with Gasteiger partial charge in [0.25, 0.3) is 0 Å². The fourth-order valence-corrected chi connectivity index (χ4v) is 127. The first-order valence-electron chi connectivity index (χ1n) is 23.8. The molecule has 0 N–H and O–H groups in total. The summed E-state index contributed by atoms with van der Waals surface area (Å²) >= 11 is 0. The van der Waals surface area contributed by atoms with Crippen molar-refractivity contribution in [3.63, 3.8) is 0 Å². The highest BCUT2D eigenvalue weighted by molar-refractivity contribution is 8.02. The molecule has 328 valence electrons. The Morgan fingerprint density at radius 3 is 0.554 bits per heavy atom. The summed E-state index contributed by atoms with van der Waals surface area (Å²) in [4.78, 5) is 0. The van der Waals surface area contributed by atoms with Crippen molar-refractivity contribution in [3.05, 3.63) is 243 Å². The Balaban J connectivity index is 1.80. The van der Waals surface area contributed by atoms with Crippen LogP contribution in [0.5, 0.6) is 0 Å². The fourth-order valence-electron chi connectivity index (χ4n) is 13.1. The van der Waals surface area contributed by atoms with Crippen molar-refractivity contribution < 1.29 is 0 Å². The summed E-state index contributed by atoms with van der Waals surface area (Å²) in [5, 5.41) is 12.4. The average Bonchev–Trinajstić information content (AvgIpc) is 3.38. The second-order valence-electron chi connectivity index (χ2n) is 17.8. The highest BCUT2D eigenvalue weighted by Gasteiger charge is 2.80. The smallest absolute Gasteiger partial charge is 0.187 e. The van der Waals surface area contributed by atoms with E-state index in [0.29, 0.717) is 0 Å². The highest BCUT2D eigenvalue weighted by atomic mass is 29.9. The molecular weight excluding hydrogens is 865 g/mol. The van der Waals surface area contributed by atoms with Crippen LogP contribution in [-0.2, 0) is 0 Å². The van der Waals surface area contributed by atoms with E-state index in [4.69, 9.17) is 0 Å². The van der Waals surface area contributed by atoms with E-state index in [1.165, 1.54) is 20.7 Å². The molecule has 8 aromatic carbocycles. The van der Waals surface area contributed by atoms with E-state index in [9.17, 15) is 0 Å². The van der Waals surface area contributed by atoms with Gasteiger partial charge in [0, 0.05) is 0 Å². The molecule has 8 rings (SSSR count). The third-order valence-corrected chi connectivity index (χ3v) is 92.7. The first-order valence-corrected chi connectivity index (χ1v) is 38.7. The van der Waals surface area contributed by atoms with Crippen LogP contribution < -0.4 is 41.5 Å². The molecule has 0 saturated heterocycles. The fraction of sp³-hybridized carbons (Fsp3) is 0.172. The maximum atomic E-state index is 3.06. The molecule has 0 fully saturated rings. The normalized spacial score (nSPS) is 12.7. The maximum absolute atomic E-state index is 3.32. The maximum Gasteiger partial charge on any atom is 0.187 e. The van der Waals surface area contributed by atoms with Crippen LogP contribution in [0.4, 0.5) is 0 Å². The van der Waals surface area contributed by atoms with Crippen LogP contribution in [0.2, 0.25) is 13.1 Å². The van der Waals surface area contributed by atoms with Crippen LogP contribution in [0.1, 0.15) is 27.7 Å². The number of nitrogens with zero attached hydrogens (tertiary/aromatic N) is 2. The van der Waals surface area contributed by atoms with Gasteiger partial charge in [-0.2, -0.15) is 0 Å². The molecule has 0 atom stereocenters. The molecule has 65 heavy (non-hydrogen) atoms. The number of hydrogen-bond acceptors (Lipinski definition) is 2. The largest absolute Gasteiger partial charge is 0.319 e. The van der Waals surface area contributed by atoms with Crippen LogP contribution in [0.3, 0.4) is 0 Å². The molecule has 2 nitrogen and oxygen atoms in total.